The Morgan fingerprint density at radius 2 is 0.500 bits per heavy atom. The van der Waals surface area contributed by atoms with Gasteiger partial charge >= 0.3 is 0 Å². The summed E-state index contributed by atoms with van der Waals surface area (Å²) in [6, 6.07) is 103. The lowest BCUT2D eigenvalue weighted by Gasteiger charge is -2.32. The molecule has 13 rings (SSSR count). The van der Waals surface area contributed by atoms with Gasteiger partial charge in [-0.15, -0.1) is 0 Å². The predicted molar refractivity (Wildman–Crippen MR) is 308 cm³/mol. The number of rotatable bonds is 12. The van der Waals surface area contributed by atoms with E-state index in [1.165, 1.54) is 0 Å². The number of nitrogens with zero attached hydrogens (tertiary/aromatic N) is 2. The van der Waals surface area contributed by atoms with Gasteiger partial charge in [0.05, 0.1) is 11.4 Å². The summed E-state index contributed by atoms with van der Waals surface area (Å²) in [6.45, 7) is 0. The fraction of sp³-hybridized carbons (Fsp3) is 0. The SMILES string of the molecule is c1ccc(-c2oc3ccc(-c4cc(N(c5ccccc5)c5ccccc5)c(-c5ccc6oc(-c7ccccc7)c(-c7ccccc7)c6c5)cc4N(c4ccccc4)c4ccccc4)cc3c2-c2ccccc2)cc1. The van der Waals surface area contributed by atoms with E-state index in [0.717, 1.165) is 123 Å². The van der Waals surface area contributed by atoms with Gasteiger partial charge in [-0.05, 0) is 107 Å². The fourth-order valence-electron chi connectivity index (χ4n) is 10.5. The number of para-hydroxylation sites is 4. The molecule has 0 unspecified atom stereocenters. The van der Waals surface area contributed by atoms with E-state index in [1.54, 1.807) is 0 Å². The first-order valence-electron chi connectivity index (χ1n) is 25.1. The summed E-state index contributed by atoms with van der Waals surface area (Å²) in [5.74, 6) is 1.68. The number of fused-ring (bicyclic) bond motifs is 2. The van der Waals surface area contributed by atoms with Gasteiger partial charge in [-0.3, -0.25) is 0 Å². The molecule has 4 nitrogen and oxygen atoms in total. The van der Waals surface area contributed by atoms with Crippen molar-refractivity contribution < 1.29 is 8.83 Å². The summed E-state index contributed by atoms with van der Waals surface area (Å²) in [4.78, 5) is 4.79. The minimum absolute atomic E-state index is 0.820. The first-order valence-corrected chi connectivity index (χ1v) is 25.1. The summed E-state index contributed by atoms with van der Waals surface area (Å²) in [5, 5.41) is 2.07. The normalized spacial score (nSPS) is 11.2. The minimum Gasteiger partial charge on any atom is -0.455 e. The third kappa shape index (κ3) is 8.20. The maximum absolute atomic E-state index is 6.88. The van der Waals surface area contributed by atoms with Gasteiger partial charge in [-0.25, -0.2) is 0 Å². The topological polar surface area (TPSA) is 32.8 Å². The molecule has 13 aromatic rings. The van der Waals surface area contributed by atoms with Crippen LogP contribution in [0.25, 0.3) is 89.1 Å². The van der Waals surface area contributed by atoms with E-state index in [1.807, 2.05) is 12.1 Å². The Hall–Kier alpha value is -9.90. The molecule has 4 heteroatoms. The first kappa shape index (κ1) is 44.1. The molecule has 2 aromatic heterocycles. The van der Waals surface area contributed by atoms with E-state index in [4.69, 9.17) is 8.83 Å². The molecule has 11 aromatic carbocycles. The maximum atomic E-state index is 6.88. The predicted octanol–water partition coefficient (Wildman–Crippen LogP) is 20.1. The van der Waals surface area contributed by atoms with Crippen LogP contribution in [0.5, 0.6) is 0 Å². The number of benzene rings is 11. The van der Waals surface area contributed by atoms with E-state index in [-0.39, 0.29) is 0 Å². The number of anilines is 6. The highest BCUT2D eigenvalue weighted by atomic mass is 16.3. The zero-order valence-corrected chi connectivity index (χ0v) is 40.4. The molecule has 0 fully saturated rings. The van der Waals surface area contributed by atoms with Crippen LogP contribution in [0.2, 0.25) is 0 Å². The van der Waals surface area contributed by atoms with Gasteiger partial charge in [-0.2, -0.15) is 0 Å². The number of hydrogen-bond acceptors (Lipinski definition) is 4. The summed E-state index contributed by atoms with van der Waals surface area (Å²) >= 11 is 0. The van der Waals surface area contributed by atoms with Crippen molar-refractivity contribution in [1.82, 2.24) is 0 Å². The van der Waals surface area contributed by atoms with E-state index >= 15 is 0 Å². The van der Waals surface area contributed by atoms with Crippen LogP contribution in [0.3, 0.4) is 0 Å². The van der Waals surface area contributed by atoms with Crippen molar-refractivity contribution in [3.8, 4) is 67.2 Å². The molecular weight excluding hydrogens is 901 g/mol. The highest BCUT2D eigenvalue weighted by molar-refractivity contribution is 6.08. The average molecular weight is 949 g/mol. The summed E-state index contributed by atoms with van der Waals surface area (Å²) in [5.41, 5.74) is 18.3. The van der Waals surface area contributed by atoms with Crippen LogP contribution in [0.4, 0.5) is 34.1 Å². The molecule has 0 aliphatic rings. The summed E-state index contributed by atoms with van der Waals surface area (Å²) in [6.07, 6.45) is 0. The second-order valence-electron chi connectivity index (χ2n) is 18.4. The molecule has 0 saturated heterocycles. The van der Waals surface area contributed by atoms with E-state index in [0.29, 0.717) is 0 Å². The molecule has 350 valence electrons. The second-order valence-corrected chi connectivity index (χ2v) is 18.4. The van der Waals surface area contributed by atoms with E-state index in [2.05, 4.69) is 289 Å². The Morgan fingerprint density at radius 1 is 0.230 bits per heavy atom. The molecule has 2 heterocycles. The van der Waals surface area contributed by atoms with E-state index in [9.17, 15) is 0 Å². The number of hydrogen-bond donors (Lipinski definition) is 0. The zero-order valence-electron chi connectivity index (χ0n) is 40.4. The molecule has 0 aliphatic heterocycles. The van der Waals surface area contributed by atoms with Gasteiger partial charge in [0.2, 0.25) is 0 Å². The molecule has 0 radical (unpaired) electrons. The lowest BCUT2D eigenvalue weighted by Crippen LogP contribution is -2.14. The maximum Gasteiger partial charge on any atom is 0.143 e. The molecular formula is C70H48N2O2. The molecule has 0 atom stereocenters. The summed E-state index contributed by atoms with van der Waals surface area (Å²) in [7, 11) is 0. The summed E-state index contributed by atoms with van der Waals surface area (Å²) < 4.78 is 13.8. The van der Waals surface area contributed by atoms with Gasteiger partial charge < -0.3 is 18.6 Å². The molecule has 0 N–H and O–H groups in total. The minimum atomic E-state index is 0.820. The molecule has 0 aliphatic carbocycles. The van der Waals surface area contributed by atoms with Crippen molar-refractivity contribution in [2.24, 2.45) is 0 Å². The van der Waals surface area contributed by atoms with Crippen molar-refractivity contribution in [3.63, 3.8) is 0 Å². The molecule has 0 saturated carbocycles. The third-order valence-corrected chi connectivity index (χ3v) is 13.8. The second kappa shape index (κ2) is 19.4. The Kier molecular flexibility index (Phi) is 11.5. The molecule has 0 amide bonds. The monoisotopic (exact) mass is 948 g/mol. The van der Waals surface area contributed by atoms with Gasteiger partial charge in [0.15, 0.2) is 0 Å². The van der Waals surface area contributed by atoms with Crippen molar-refractivity contribution in [2.45, 2.75) is 0 Å². The van der Waals surface area contributed by atoms with Crippen molar-refractivity contribution in [3.05, 3.63) is 291 Å². The van der Waals surface area contributed by atoms with Crippen LogP contribution in [-0.4, -0.2) is 0 Å². The zero-order chi connectivity index (χ0) is 49.2. The highest BCUT2D eigenvalue weighted by Gasteiger charge is 2.27. The molecule has 0 spiro atoms. The quantitative estimate of drug-likeness (QED) is 0.122. The lowest BCUT2D eigenvalue weighted by molar-refractivity contribution is 0.632. The van der Waals surface area contributed by atoms with Crippen LogP contribution in [-0.2, 0) is 0 Å². The van der Waals surface area contributed by atoms with Crippen molar-refractivity contribution in [2.75, 3.05) is 9.80 Å². The smallest absolute Gasteiger partial charge is 0.143 e. The van der Waals surface area contributed by atoms with Gasteiger partial charge in [0.1, 0.15) is 22.7 Å². The highest BCUT2D eigenvalue weighted by Crippen LogP contribution is 2.52. The Morgan fingerprint density at radius 3 is 0.797 bits per heavy atom. The van der Waals surface area contributed by atoms with E-state index < -0.39 is 0 Å². The van der Waals surface area contributed by atoms with Crippen LogP contribution in [0.15, 0.2) is 300 Å². The Balaban J connectivity index is 1.15. The fourth-order valence-corrected chi connectivity index (χ4v) is 10.5. The third-order valence-electron chi connectivity index (χ3n) is 13.8. The van der Waals surface area contributed by atoms with Crippen molar-refractivity contribution in [1.29, 1.82) is 0 Å². The molecule has 74 heavy (non-hydrogen) atoms. The van der Waals surface area contributed by atoms with Gasteiger partial charge in [-0.1, -0.05) is 206 Å². The first-order chi connectivity index (χ1) is 36.7. The average Bonchev–Trinajstić information content (AvgIpc) is 4.09. The van der Waals surface area contributed by atoms with Crippen LogP contribution >= 0.6 is 0 Å². The standard InChI is InChI=1S/C70H48N2O2/c1-9-25-49(26-10-1)67-61-45-53(41-43-65(61)73-69(67)51-29-13-3-14-30-51)59-47-64(72(57-37-21-7-22-38-57)58-39-23-8-24-40-58)60(48-63(59)71(55-33-17-5-18-34-55)56-35-19-6-20-36-56)54-42-44-66-62(46-54)68(50-27-11-2-12-28-50)70(74-66)52-31-15-4-16-32-52/h1-48H. The van der Waals surface area contributed by atoms with Crippen LogP contribution in [0.1, 0.15) is 0 Å². The Bertz CT molecular complexity index is 3680. The Labute approximate surface area is 430 Å². The van der Waals surface area contributed by atoms with Crippen LogP contribution < -0.4 is 9.80 Å². The largest absolute Gasteiger partial charge is 0.455 e. The van der Waals surface area contributed by atoms with Gasteiger partial charge in [0.25, 0.3) is 0 Å². The van der Waals surface area contributed by atoms with Gasteiger partial charge in [0, 0.05) is 66.9 Å². The number of furan rings is 2. The van der Waals surface area contributed by atoms with Crippen molar-refractivity contribution >= 4 is 56.1 Å². The van der Waals surface area contributed by atoms with Crippen LogP contribution in [0, 0.1) is 0 Å². The molecule has 0 bridgehead atoms. The lowest BCUT2D eigenvalue weighted by atomic mass is 9.91.